The number of carbonyl (C=O) groups excluding carboxylic acids is 1. The summed E-state index contributed by atoms with van der Waals surface area (Å²) >= 11 is 1.36. The number of amides is 1. The molecule has 0 aliphatic rings. The highest BCUT2D eigenvalue weighted by Crippen LogP contribution is 2.37. The Morgan fingerprint density at radius 3 is 2.44 bits per heavy atom. The molecule has 0 spiro atoms. The van der Waals surface area contributed by atoms with E-state index in [-0.39, 0.29) is 34.1 Å². The number of aromatic amines is 1. The summed E-state index contributed by atoms with van der Waals surface area (Å²) in [6, 6.07) is 9.25. The lowest BCUT2D eigenvalue weighted by atomic mass is 10.1. The van der Waals surface area contributed by atoms with E-state index in [0.717, 1.165) is 10.6 Å². The van der Waals surface area contributed by atoms with Gasteiger partial charge in [0.05, 0.1) is 11.4 Å². The Morgan fingerprint density at radius 1 is 1.15 bits per heavy atom. The third-order valence-electron chi connectivity index (χ3n) is 5.66. The number of rotatable bonds is 10. The number of nitrogens with one attached hydrogen (secondary N) is 3. The summed E-state index contributed by atoms with van der Waals surface area (Å²) in [6.07, 6.45) is -0.751. The highest BCUT2D eigenvalue weighted by atomic mass is 32.2. The number of nitrogens with two attached hydrogens (primary N) is 1. The SMILES string of the molecule is Cc1nc(Nc2[nH]nc(-c3ccc(NS(=O)(=O)C(F)F)c(O[C@@H](C)c4ccc(F)cc4)c3)c2C(N)=O)sc1C. The topological polar surface area (TPSA) is 152 Å². The minimum Gasteiger partial charge on any atom is -0.484 e. The summed E-state index contributed by atoms with van der Waals surface area (Å²) in [5, 5.41) is 10.4. The third-order valence-corrected chi connectivity index (χ3v) is 7.62. The number of alkyl halides is 2. The highest BCUT2D eigenvalue weighted by Gasteiger charge is 2.27. The summed E-state index contributed by atoms with van der Waals surface area (Å²) in [5.74, 6) is -4.96. The second kappa shape index (κ2) is 10.9. The average Bonchev–Trinajstić information content (AvgIpc) is 3.42. The highest BCUT2D eigenvalue weighted by molar-refractivity contribution is 7.93. The largest absolute Gasteiger partial charge is 0.484 e. The van der Waals surface area contributed by atoms with E-state index in [4.69, 9.17) is 10.5 Å². The van der Waals surface area contributed by atoms with E-state index in [1.165, 1.54) is 53.8 Å². The van der Waals surface area contributed by atoms with Gasteiger partial charge < -0.3 is 15.8 Å². The Hall–Kier alpha value is -4.11. The number of thiazole rings is 1. The zero-order valence-corrected chi connectivity index (χ0v) is 22.4. The first-order valence-corrected chi connectivity index (χ1v) is 13.7. The van der Waals surface area contributed by atoms with Crippen LogP contribution >= 0.6 is 11.3 Å². The van der Waals surface area contributed by atoms with Gasteiger partial charge in [0, 0.05) is 10.4 Å². The number of carbonyl (C=O) groups is 1. The van der Waals surface area contributed by atoms with Gasteiger partial charge in [-0.15, -0.1) is 11.3 Å². The first-order valence-electron chi connectivity index (χ1n) is 11.3. The molecule has 206 valence electrons. The number of primary amides is 1. The van der Waals surface area contributed by atoms with Gasteiger partial charge in [0.15, 0.2) is 5.13 Å². The van der Waals surface area contributed by atoms with Crippen molar-refractivity contribution in [3.8, 4) is 17.0 Å². The molecule has 0 aliphatic carbocycles. The van der Waals surface area contributed by atoms with Crippen LogP contribution < -0.4 is 20.5 Å². The van der Waals surface area contributed by atoms with Gasteiger partial charge in [0.2, 0.25) is 0 Å². The first kappa shape index (κ1) is 27.9. The third kappa shape index (κ3) is 6.15. The van der Waals surface area contributed by atoms with Crippen molar-refractivity contribution in [2.45, 2.75) is 32.6 Å². The van der Waals surface area contributed by atoms with Gasteiger partial charge in [-0.2, -0.15) is 13.9 Å². The van der Waals surface area contributed by atoms with E-state index in [0.29, 0.717) is 10.7 Å². The molecule has 1 amide bonds. The maximum absolute atomic E-state index is 13.4. The fourth-order valence-electron chi connectivity index (χ4n) is 3.56. The molecule has 0 bridgehead atoms. The summed E-state index contributed by atoms with van der Waals surface area (Å²) in [5.41, 5.74) is 7.05. The van der Waals surface area contributed by atoms with E-state index in [1.54, 1.807) is 6.92 Å². The fourth-order valence-corrected chi connectivity index (χ4v) is 4.94. The van der Waals surface area contributed by atoms with Crippen LogP contribution in [0.4, 0.5) is 29.8 Å². The van der Waals surface area contributed by atoms with Crippen LogP contribution in [-0.2, 0) is 10.0 Å². The van der Waals surface area contributed by atoms with Crippen molar-refractivity contribution in [2.24, 2.45) is 5.73 Å². The lowest BCUT2D eigenvalue weighted by Gasteiger charge is -2.19. The van der Waals surface area contributed by atoms with Crippen molar-refractivity contribution >= 4 is 43.9 Å². The number of benzene rings is 2. The fraction of sp³-hybridized carbons (Fsp3) is 0.208. The molecule has 2 aromatic heterocycles. The molecule has 10 nitrogen and oxygen atoms in total. The number of sulfonamides is 1. The summed E-state index contributed by atoms with van der Waals surface area (Å²) in [6.45, 7) is 5.33. The van der Waals surface area contributed by atoms with Crippen molar-refractivity contribution in [1.29, 1.82) is 0 Å². The van der Waals surface area contributed by atoms with Gasteiger partial charge in [-0.05, 0) is 50.6 Å². The number of aryl methyl sites for hydroxylation is 2. The smallest absolute Gasteiger partial charge is 0.355 e. The van der Waals surface area contributed by atoms with E-state index >= 15 is 0 Å². The van der Waals surface area contributed by atoms with Crippen molar-refractivity contribution in [1.82, 2.24) is 15.2 Å². The molecule has 0 aliphatic heterocycles. The second-order valence-corrected chi connectivity index (χ2v) is 11.3. The van der Waals surface area contributed by atoms with E-state index in [2.05, 4.69) is 20.5 Å². The Kier molecular flexibility index (Phi) is 7.83. The molecule has 15 heteroatoms. The molecule has 0 saturated carbocycles. The van der Waals surface area contributed by atoms with Crippen molar-refractivity contribution < 1.29 is 31.1 Å². The van der Waals surface area contributed by atoms with Gasteiger partial charge in [-0.3, -0.25) is 14.6 Å². The summed E-state index contributed by atoms with van der Waals surface area (Å²) in [4.78, 5) is 17.7. The molecule has 0 unspecified atom stereocenters. The Labute approximate surface area is 225 Å². The molecule has 2 heterocycles. The van der Waals surface area contributed by atoms with E-state index in [1.807, 2.05) is 18.6 Å². The average molecular weight is 581 g/mol. The molecular weight excluding hydrogens is 557 g/mol. The summed E-state index contributed by atoms with van der Waals surface area (Å²) in [7, 11) is -5.04. The molecule has 0 fully saturated rings. The monoisotopic (exact) mass is 580 g/mol. The van der Waals surface area contributed by atoms with Crippen molar-refractivity contribution in [2.75, 3.05) is 10.0 Å². The minimum absolute atomic E-state index is 0.0149. The van der Waals surface area contributed by atoms with Crippen molar-refractivity contribution in [3.63, 3.8) is 0 Å². The number of hydrogen-bond acceptors (Lipinski definition) is 8. The lowest BCUT2D eigenvalue weighted by Crippen LogP contribution is -2.21. The maximum Gasteiger partial charge on any atom is 0.355 e. The minimum atomic E-state index is -5.04. The number of halogens is 3. The second-order valence-electron chi connectivity index (χ2n) is 8.40. The normalized spacial score (nSPS) is 12.4. The molecular formula is C24H23F3N6O4S2. The van der Waals surface area contributed by atoms with Gasteiger partial charge in [0.1, 0.15) is 34.7 Å². The van der Waals surface area contributed by atoms with Crippen LogP contribution in [0.5, 0.6) is 5.75 Å². The van der Waals surface area contributed by atoms with Crippen LogP contribution in [-0.4, -0.2) is 35.3 Å². The zero-order chi connectivity index (χ0) is 28.5. The summed E-state index contributed by atoms with van der Waals surface area (Å²) < 4.78 is 71.0. The van der Waals surface area contributed by atoms with E-state index < -0.39 is 33.6 Å². The quantitative estimate of drug-likeness (QED) is 0.200. The molecule has 2 aromatic carbocycles. The van der Waals surface area contributed by atoms with Crippen LogP contribution in [0.1, 0.15) is 39.5 Å². The predicted octanol–water partition coefficient (Wildman–Crippen LogP) is 5.24. The van der Waals surface area contributed by atoms with Gasteiger partial charge in [0.25, 0.3) is 15.9 Å². The predicted molar refractivity (Wildman–Crippen MR) is 141 cm³/mol. The molecule has 4 rings (SSSR count). The number of anilines is 3. The Balaban J connectivity index is 1.76. The maximum atomic E-state index is 13.4. The molecule has 39 heavy (non-hydrogen) atoms. The van der Waals surface area contributed by atoms with Crippen LogP contribution in [0.25, 0.3) is 11.3 Å². The van der Waals surface area contributed by atoms with Crippen LogP contribution in [0.3, 0.4) is 0 Å². The molecule has 0 saturated heterocycles. The number of ether oxygens (including phenoxy) is 1. The van der Waals surface area contributed by atoms with Crippen LogP contribution in [0.15, 0.2) is 42.5 Å². The number of nitrogens with zero attached hydrogens (tertiary/aromatic N) is 2. The van der Waals surface area contributed by atoms with Crippen molar-refractivity contribution in [3.05, 3.63) is 70.0 Å². The zero-order valence-electron chi connectivity index (χ0n) is 20.8. The van der Waals surface area contributed by atoms with Crippen LogP contribution in [0.2, 0.25) is 0 Å². The molecule has 0 radical (unpaired) electrons. The van der Waals surface area contributed by atoms with Crippen LogP contribution in [0, 0.1) is 19.7 Å². The standard InChI is InChI=1S/C24H23F3N6O4S2/c1-11-13(3)38-24(29-11)30-22-19(21(28)34)20(31-32-22)15-6-9-17(33-39(35,36)23(26)27)18(10-15)37-12(2)14-4-7-16(25)8-5-14/h4-10,12,23,33H,1-3H3,(H2,28,34)(H2,29,30,31,32)/t12-/m0/s1. The Bertz CT molecular complexity index is 1600. The molecule has 1 atom stereocenters. The van der Waals surface area contributed by atoms with Gasteiger partial charge in [-0.1, -0.05) is 18.2 Å². The number of aromatic nitrogens is 3. The molecule has 5 N–H and O–H groups in total. The van der Waals surface area contributed by atoms with E-state index in [9.17, 15) is 26.4 Å². The van der Waals surface area contributed by atoms with Gasteiger partial charge >= 0.3 is 5.76 Å². The number of H-pyrrole nitrogens is 1. The first-order chi connectivity index (χ1) is 18.4. The number of hydrogen-bond donors (Lipinski definition) is 4. The molecule has 4 aromatic rings. The Morgan fingerprint density at radius 2 is 1.85 bits per heavy atom. The van der Waals surface area contributed by atoms with Gasteiger partial charge in [-0.25, -0.2) is 17.8 Å². The lowest BCUT2D eigenvalue weighted by molar-refractivity contribution is 0.100.